The van der Waals surface area contributed by atoms with Crippen LogP contribution in [-0.4, -0.2) is 0 Å². The minimum absolute atomic E-state index is 1.24. The zero-order valence-electron chi connectivity index (χ0n) is 48.6. The molecule has 10 rings (SSSR count). The molecule has 10 aromatic rings. The maximum atomic E-state index is 2.19. The summed E-state index contributed by atoms with van der Waals surface area (Å²) in [4.78, 5) is 0. The maximum Gasteiger partial charge on any atom is -0.0184 e. The summed E-state index contributed by atoms with van der Waals surface area (Å²) in [5.74, 6) is 0. The topological polar surface area (TPSA) is 0 Å². The van der Waals surface area contributed by atoms with E-state index >= 15 is 0 Å². The molecule has 0 nitrogen and oxygen atoms in total. The Morgan fingerprint density at radius 3 is 0.307 bits per heavy atom. The molecule has 0 saturated heterocycles. The van der Waals surface area contributed by atoms with Gasteiger partial charge in [-0.2, -0.15) is 0 Å². The Balaban J connectivity index is 0.000000951. The van der Waals surface area contributed by atoms with Crippen molar-refractivity contribution in [3.05, 3.63) is 291 Å². The van der Waals surface area contributed by atoms with Crippen molar-refractivity contribution in [2.45, 2.75) is 104 Å². The van der Waals surface area contributed by atoms with Crippen LogP contribution in [0.15, 0.2) is 285 Å². The maximum absolute atomic E-state index is 2.19. The van der Waals surface area contributed by atoms with Gasteiger partial charge in [0, 0.05) is 0 Å². The molecule has 0 fully saturated rings. The van der Waals surface area contributed by atoms with Gasteiger partial charge in [-0.05, 0) is 73.7 Å². The SMILES string of the molecule is CC.CC.CC.CC.CC.CC.CC.Cc1ccccc1.c1ccc(-c2ccc(-c3ccc(-c4ccccc4)cc3)cc2)cc1.c1ccc(-c2ccc(-c3ccccc3)cc2)cc1.c1ccc(-c2ccccc2)cc1. The Labute approximate surface area is 458 Å². The lowest BCUT2D eigenvalue weighted by Crippen LogP contribution is -1.81. The van der Waals surface area contributed by atoms with Crippen LogP contribution in [-0.2, 0) is 0 Å². The van der Waals surface area contributed by atoms with Gasteiger partial charge in [-0.25, -0.2) is 0 Å². The predicted molar refractivity (Wildman–Crippen MR) is 343 cm³/mol. The Bertz CT molecular complexity index is 2520. The number of rotatable bonds is 6. The molecule has 0 N–H and O–H groups in total. The number of aryl methyl sites for hydroxylation is 1. The Hall–Kier alpha value is -7.80. The molecule has 0 heteroatoms. The van der Waals surface area contributed by atoms with Gasteiger partial charge in [-0.1, -0.05) is 388 Å². The van der Waals surface area contributed by atoms with Crippen molar-refractivity contribution in [3.8, 4) is 66.8 Å². The average molecular weight is 994 g/mol. The van der Waals surface area contributed by atoms with E-state index in [0.717, 1.165) is 0 Å². The van der Waals surface area contributed by atoms with E-state index in [4.69, 9.17) is 0 Å². The van der Waals surface area contributed by atoms with Crippen LogP contribution in [0.4, 0.5) is 0 Å². The van der Waals surface area contributed by atoms with Gasteiger partial charge < -0.3 is 0 Å². The van der Waals surface area contributed by atoms with Crippen LogP contribution in [0, 0.1) is 6.92 Å². The van der Waals surface area contributed by atoms with Gasteiger partial charge in [0.15, 0.2) is 0 Å². The Kier molecular flexibility index (Phi) is 41.2. The average Bonchev–Trinajstić information content (AvgIpc) is 3.54. The van der Waals surface area contributed by atoms with Crippen LogP contribution >= 0.6 is 0 Å². The number of hydrogen-bond donors (Lipinski definition) is 0. The molecule has 0 heterocycles. The van der Waals surface area contributed by atoms with Crippen molar-refractivity contribution in [2.24, 2.45) is 0 Å². The van der Waals surface area contributed by atoms with Gasteiger partial charge in [0.25, 0.3) is 0 Å². The summed E-state index contributed by atoms with van der Waals surface area (Å²) in [7, 11) is 0. The van der Waals surface area contributed by atoms with Crippen LogP contribution in [0.25, 0.3) is 66.8 Å². The molecule has 0 aliphatic heterocycles. The second-order valence-corrected chi connectivity index (χ2v) is 14.6. The fourth-order valence-corrected chi connectivity index (χ4v) is 6.88. The molecule has 0 aromatic heterocycles. The highest BCUT2D eigenvalue weighted by Gasteiger charge is 2.03. The van der Waals surface area contributed by atoms with Crippen molar-refractivity contribution in [2.75, 3.05) is 0 Å². The highest BCUT2D eigenvalue weighted by atomic mass is 14.1. The lowest BCUT2D eigenvalue weighted by Gasteiger charge is -2.07. The van der Waals surface area contributed by atoms with Crippen LogP contribution in [0.1, 0.15) is 102 Å². The lowest BCUT2D eigenvalue weighted by atomic mass is 9.98. The summed E-state index contributed by atoms with van der Waals surface area (Å²) >= 11 is 0. The second-order valence-electron chi connectivity index (χ2n) is 14.6. The van der Waals surface area contributed by atoms with Crippen molar-refractivity contribution >= 4 is 0 Å². The molecule has 0 aliphatic carbocycles. The van der Waals surface area contributed by atoms with E-state index in [9.17, 15) is 0 Å². The first-order valence-electron chi connectivity index (χ1n) is 27.8. The number of hydrogen-bond acceptors (Lipinski definition) is 0. The molecule has 0 radical (unpaired) electrons. The zero-order chi connectivity index (χ0) is 55.7. The summed E-state index contributed by atoms with van der Waals surface area (Å²) in [6.45, 7) is 30.1. The smallest absolute Gasteiger partial charge is 0.0184 e. The quantitative estimate of drug-likeness (QED) is 0.156. The summed E-state index contributed by atoms with van der Waals surface area (Å²) in [5, 5.41) is 0. The molecule has 0 atom stereocenters. The minimum Gasteiger partial charge on any atom is -0.0683 e. The molecule has 0 unspecified atom stereocenters. The molecule has 75 heavy (non-hydrogen) atoms. The highest BCUT2D eigenvalue weighted by Crippen LogP contribution is 2.28. The van der Waals surface area contributed by atoms with Crippen molar-refractivity contribution in [1.29, 1.82) is 0 Å². The largest absolute Gasteiger partial charge is 0.0683 e. The van der Waals surface area contributed by atoms with Gasteiger partial charge in [0.1, 0.15) is 0 Å². The lowest BCUT2D eigenvalue weighted by molar-refractivity contribution is 1.48. The van der Waals surface area contributed by atoms with Crippen LogP contribution in [0.2, 0.25) is 0 Å². The van der Waals surface area contributed by atoms with Gasteiger partial charge in [-0.15, -0.1) is 0 Å². The van der Waals surface area contributed by atoms with Gasteiger partial charge in [0.2, 0.25) is 0 Å². The first-order valence-corrected chi connectivity index (χ1v) is 27.8. The van der Waals surface area contributed by atoms with Gasteiger partial charge in [0.05, 0.1) is 0 Å². The minimum atomic E-state index is 1.24. The highest BCUT2D eigenvalue weighted by molar-refractivity contribution is 5.74. The summed E-state index contributed by atoms with van der Waals surface area (Å²) in [6, 6.07) is 99.2. The van der Waals surface area contributed by atoms with Gasteiger partial charge in [-0.3, -0.25) is 0 Å². The summed E-state index contributed by atoms with van der Waals surface area (Å²) in [6.07, 6.45) is 0. The van der Waals surface area contributed by atoms with Gasteiger partial charge >= 0.3 is 0 Å². The third-order valence-corrected chi connectivity index (χ3v) is 10.2. The fraction of sp³-hybridized carbons (Fsp3) is 0.200. The van der Waals surface area contributed by atoms with E-state index in [1.165, 1.54) is 72.3 Å². The van der Waals surface area contributed by atoms with Crippen molar-refractivity contribution < 1.29 is 0 Å². The molecule has 0 spiro atoms. The van der Waals surface area contributed by atoms with E-state index in [0.29, 0.717) is 0 Å². The molecule has 0 bridgehead atoms. The normalized spacial score (nSPS) is 8.73. The number of benzene rings is 10. The summed E-state index contributed by atoms with van der Waals surface area (Å²) < 4.78 is 0. The molecule has 0 saturated carbocycles. The molecule has 10 aromatic carbocycles. The first-order chi connectivity index (χ1) is 37.2. The third-order valence-electron chi connectivity index (χ3n) is 10.2. The Morgan fingerprint density at radius 1 is 0.120 bits per heavy atom. The van der Waals surface area contributed by atoms with E-state index < -0.39 is 0 Å². The zero-order valence-corrected chi connectivity index (χ0v) is 48.6. The van der Waals surface area contributed by atoms with Crippen LogP contribution < -0.4 is 0 Å². The Morgan fingerprint density at radius 2 is 0.213 bits per heavy atom. The monoisotopic (exact) mass is 993 g/mol. The predicted octanol–water partition coefficient (Wildman–Crippen LogP) is 24.2. The van der Waals surface area contributed by atoms with E-state index in [1.54, 1.807) is 0 Å². The first kappa shape index (κ1) is 67.2. The van der Waals surface area contributed by atoms with E-state index in [2.05, 4.69) is 237 Å². The van der Waals surface area contributed by atoms with Crippen molar-refractivity contribution in [1.82, 2.24) is 0 Å². The molecule has 0 amide bonds. The molecule has 392 valence electrons. The van der Waals surface area contributed by atoms with Crippen LogP contribution in [0.5, 0.6) is 0 Å². The fourth-order valence-electron chi connectivity index (χ4n) is 6.88. The van der Waals surface area contributed by atoms with E-state index in [1.807, 2.05) is 152 Å². The molecular formula is C75H92. The summed E-state index contributed by atoms with van der Waals surface area (Å²) in [5.41, 5.74) is 16.4. The third kappa shape index (κ3) is 26.1. The molecular weight excluding hydrogens is 901 g/mol. The molecule has 0 aliphatic rings. The van der Waals surface area contributed by atoms with Crippen molar-refractivity contribution in [3.63, 3.8) is 0 Å². The van der Waals surface area contributed by atoms with E-state index in [-0.39, 0.29) is 0 Å². The second kappa shape index (κ2) is 46.0. The van der Waals surface area contributed by atoms with Crippen LogP contribution in [0.3, 0.4) is 0 Å². The standard InChI is InChI=1S/C24H18.C18H14.C12H10.C7H8.7C2H6/c1-3-7-19(8-4-1)21-11-15-23(16-12-21)24-17-13-22(14-18-24)20-9-5-2-6-10-20;1-3-7-15(8-4-1)17-11-13-18(14-12-17)16-9-5-2-6-10-16;1-3-7-11(8-4-1)12-9-5-2-6-10-12;1-7-5-3-2-4-6-7;7*1-2/h1-18H;1-14H;1-10H;2-6H,1H3;7*1-2H3.